The molecule has 2 rings (SSSR count). The summed E-state index contributed by atoms with van der Waals surface area (Å²) in [6.45, 7) is 6.50. The average Bonchev–Trinajstić information content (AvgIpc) is 2.48. The van der Waals surface area contributed by atoms with Crippen LogP contribution in [0.25, 0.3) is 0 Å². The van der Waals surface area contributed by atoms with Gasteiger partial charge in [-0.25, -0.2) is 0 Å². The lowest BCUT2D eigenvalue weighted by Crippen LogP contribution is -2.23. The van der Waals surface area contributed by atoms with E-state index >= 15 is 0 Å². The van der Waals surface area contributed by atoms with Gasteiger partial charge in [0.1, 0.15) is 0 Å². The zero-order valence-corrected chi connectivity index (χ0v) is 14.5. The van der Waals surface area contributed by atoms with Crippen molar-refractivity contribution in [1.82, 2.24) is 5.32 Å². The van der Waals surface area contributed by atoms with E-state index in [4.69, 9.17) is 0 Å². The average molecular weight is 346 g/mol. The number of hydrogen-bond acceptors (Lipinski definition) is 1. The highest BCUT2D eigenvalue weighted by Gasteiger charge is 2.12. The molecular formula is C19H24BrN. The summed E-state index contributed by atoms with van der Waals surface area (Å²) in [7, 11) is 0. The van der Waals surface area contributed by atoms with E-state index in [9.17, 15) is 0 Å². The van der Waals surface area contributed by atoms with Crippen molar-refractivity contribution in [3.8, 4) is 0 Å². The molecule has 2 heteroatoms. The number of rotatable bonds is 7. The fraction of sp³-hybridized carbons (Fsp3) is 0.368. The number of nitrogens with one attached hydrogen (secondary N) is 1. The van der Waals surface area contributed by atoms with Crippen molar-refractivity contribution in [2.24, 2.45) is 0 Å². The van der Waals surface area contributed by atoms with Gasteiger partial charge in [-0.2, -0.15) is 0 Å². The molecule has 0 saturated heterocycles. The molecule has 0 radical (unpaired) electrons. The molecule has 0 amide bonds. The van der Waals surface area contributed by atoms with Crippen molar-refractivity contribution in [3.05, 3.63) is 69.7 Å². The molecule has 0 saturated carbocycles. The van der Waals surface area contributed by atoms with Crippen molar-refractivity contribution in [1.29, 1.82) is 0 Å². The van der Waals surface area contributed by atoms with Crippen molar-refractivity contribution < 1.29 is 0 Å². The fourth-order valence-electron chi connectivity index (χ4n) is 2.59. The molecule has 112 valence electrons. The highest BCUT2D eigenvalue weighted by atomic mass is 79.9. The van der Waals surface area contributed by atoms with Gasteiger partial charge in [0.05, 0.1) is 0 Å². The van der Waals surface area contributed by atoms with Crippen LogP contribution in [0.5, 0.6) is 0 Å². The van der Waals surface area contributed by atoms with E-state index < -0.39 is 0 Å². The number of aryl methyl sites for hydroxylation is 1. The lowest BCUT2D eigenvalue weighted by Gasteiger charge is -2.19. The maximum atomic E-state index is 3.58. The number of halogens is 1. The number of hydrogen-bond donors (Lipinski definition) is 1. The second-order valence-electron chi connectivity index (χ2n) is 5.65. The van der Waals surface area contributed by atoms with Crippen LogP contribution >= 0.6 is 15.9 Å². The first-order chi connectivity index (χ1) is 10.2. The van der Waals surface area contributed by atoms with Crippen LogP contribution in [0.15, 0.2) is 53.0 Å². The zero-order valence-electron chi connectivity index (χ0n) is 12.9. The third kappa shape index (κ3) is 5.29. The maximum absolute atomic E-state index is 3.58. The number of benzene rings is 2. The van der Waals surface area contributed by atoms with Crippen molar-refractivity contribution in [2.75, 3.05) is 13.1 Å². The van der Waals surface area contributed by atoms with Crippen molar-refractivity contribution in [3.63, 3.8) is 0 Å². The molecule has 0 aromatic heterocycles. The van der Waals surface area contributed by atoms with Crippen LogP contribution in [0.4, 0.5) is 0 Å². The summed E-state index contributed by atoms with van der Waals surface area (Å²) >= 11 is 3.51. The first kappa shape index (κ1) is 16.3. The highest BCUT2D eigenvalue weighted by Crippen LogP contribution is 2.22. The first-order valence-corrected chi connectivity index (χ1v) is 8.50. The molecule has 0 fully saturated rings. The molecular weight excluding hydrogens is 322 g/mol. The van der Waals surface area contributed by atoms with Crippen LogP contribution in [0, 0.1) is 6.92 Å². The molecule has 1 atom stereocenters. The zero-order chi connectivity index (χ0) is 15.1. The van der Waals surface area contributed by atoms with Crippen LogP contribution in [0.2, 0.25) is 0 Å². The van der Waals surface area contributed by atoms with Gasteiger partial charge in [0.25, 0.3) is 0 Å². The Labute approximate surface area is 136 Å². The lowest BCUT2D eigenvalue weighted by atomic mass is 9.91. The van der Waals surface area contributed by atoms with E-state index in [0.717, 1.165) is 24.0 Å². The Morgan fingerprint density at radius 1 is 1.10 bits per heavy atom. The van der Waals surface area contributed by atoms with E-state index in [1.54, 1.807) is 0 Å². The van der Waals surface area contributed by atoms with Gasteiger partial charge in [-0.05, 0) is 49.6 Å². The van der Waals surface area contributed by atoms with Gasteiger partial charge in [-0.1, -0.05) is 64.8 Å². The van der Waals surface area contributed by atoms with Gasteiger partial charge in [-0.15, -0.1) is 0 Å². The van der Waals surface area contributed by atoms with Gasteiger partial charge in [0.2, 0.25) is 0 Å². The SMILES string of the molecule is CCCNCC(Cc1ccc(Br)cc1)c1cccc(C)c1. The van der Waals surface area contributed by atoms with Crippen molar-refractivity contribution >= 4 is 15.9 Å². The summed E-state index contributed by atoms with van der Waals surface area (Å²) in [5, 5.41) is 3.58. The van der Waals surface area contributed by atoms with Crippen LogP contribution < -0.4 is 5.32 Å². The Balaban J connectivity index is 2.13. The largest absolute Gasteiger partial charge is 0.316 e. The Morgan fingerprint density at radius 3 is 2.52 bits per heavy atom. The lowest BCUT2D eigenvalue weighted by molar-refractivity contribution is 0.576. The molecule has 0 aliphatic heterocycles. The predicted octanol–water partition coefficient (Wildman–Crippen LogP) is 5.08. The normalized spacial score (nSPS) is 12.3. The third-order valence-corrected chi connectivity index (χ3v) is 4.26. The molecule has 0 aliphatic carbocycles. The highest BCUT2D eigenvalue weighted by molar-refractivity contribution is 9.10. The topological polar surface area (TPSA) is 12.0 Å². The summed E-state index contributed by atoms with van der Waals surface area (Å²) in [4.78, 5) is 0. The summed E-state index contributed by atoms with van der Waals surface area (Å²) in [5.74, 6) is 0.526. The van der Waals surface area contributed by atoms with Gasteiger partial charge in [0, 0.05) is 16.9 Å². The molecule has 0 bridgehead atoms. The minimum atomic E-state index is 0.526. The van der Waals surface area contributed by atoms with E-state index in [1.165, 1.54) is 23.1 Å². The van der Waals surface area contributed by atoms with E-state index in [2.05, 4.69) is 83.6 Å². The monoisotopic (exact) mass is 345 g/mol. The second kappa shape index (κ2) is 8.35. The molecule has 21 heavy (non-hydrogen) atoms. The standard InChI is InChI=1S/C19H24BrN/c1-3-11-21-14-18(17-6-4-5-15(2)12-17)13-16-7-9-19(20)10-8-16/h4-10,12,18,21H,3,11,13-14H2,1-2H3. The fourth-order valence-corrected chi connectivity index (χ4v) is 2.85. The Morgan fingerprint density at radius 2 is 1.86 bits per heavy atom. The van der Waals surface area contributed by atoms with E-state index in [-0.39, 0.29) is 0 Å². The Kier molecular flexibility index (Phi) is 6.47. The molecule has 1 unspecified atom stereocenters. The van der Waals surface area contributed by atoms with E-state index in [1.807, 2.05) is 0 Å². The van der Waals surface area contributed by atoms with Crippen molar-refractivity contribution in [2.45, 2.75) is 32.6 Å². The summed E-state index contributed by atoms with van der Waals surface area (Å²) < 4.78 is 1.14. The summed E-state index contributed by atoms with van der Waals surface area (Å²) in [6.07, 6.45) is 2.26. The molecule has 0 spiro atoms. The van der Waals surface area contributed by atoms with E-state index in [0.29, 0.717) is 5.92 Å². The van der Waals surface area contributed by atoms with Crippen LogP contribution in [0.3, 0.4) is 0 Å². The maximum Gasteiger partial charge on any atom is 0.0175 e. The van der Waals surface area contributed by atoms with Crippen LogP contribution in [-0.2, 0) is 6.42 Å². The quantitative estimate of drug-likeness (QED) is 0.689. The third-order valence-electron chi connectivity index (χ3n) is 3.73. The molecule has 0 heterocycles. The smallest absolute Gasteiger partial charge is 0.0175 e. The van der Waals surface area contributed by atoms with Gasteiger partial charge < -0.3 is 5.32 Å². The molecule has 1 nitrogen and oxygen atoms in total. The predicted molar refractivity (Wildman–Crippen MR) is 94.9 cm³/mol. The second-order valence-corrected chi connectivity index (χ2v) is 6.56. The minimum Gasteiger partial charge on any atom is -0.316 e. The van der Waals surface area contributed by atoms with Gasteiger partial charge in [-0.3, -0.25) is 0 Å². The minimum absolute atomic E-state index is 0.526. The molecule has 1 N–H and O–H groups in total. The Hall–Kier alpha value is -1.12. The molecule has 2 aromatic rings. The van der Waals surface area contributed by atoms with Gasteiger partial charge in [0.15, 0.2) is 0 Å². The van der Waals surface area contributed by atoms with Gasteiger partial charge >= 0.3 is 0 Å². The Bertz CT molecular complexity index is 548. The van der Waals surface area contributed by atoms with Crippen LogP contribution in [0.1, 0.15) is 36.0 Å². The molecule has 2 aromatic carbocycles. The summed E-state index contributed by atoms with van der Waals surface area (Å²) in [5.41, 5.74) is 4.16. The first-order valence-electron chi connectivity index (χ1n) is 7.70. The molecule has 0 aliphatic rings. The summed E-state index contributed by atoms with van der Waals surface area (Å²) in [6, 6.07) is 17.6. The van der Waals surface area contributed by atoms with Crippen LogP contribution in [-0.4, -0.2) is 13.1 Å².